The fourth-order valence-electron chi connectivity index (χ4n) is 7.84. The first kappa shape index (κ1) is 49.0. The molecular weight excluding hydrogens is 961 g/mol. The molecule has 0 aliphatic rings. The number of rotatable bonds is 9. The maximum Gasteiger partial charge on any atom is 2.00 e. The van der Waals surface area contributed by atoms with Gasteiger partial charge in [0.25, 0.3) is 0 Å². The minimum absolute atomic E-state index is 0. The molecule has 1 heterocycles. The van der Waals surface area contributed by atoms with E-state index >= 15 is 0 Å². The normalized spacial score (nSPS) is 12.9. The van der Waals surface area contributed by atoms with Crippen LogP contribution in [0.2, 0.25) is 0 Å². The van der Waals surface area contributed by atoms with Crippen LogP contribution in [-0.4, -0.2) is 28.5 Å². The summed E-state index contributed by atoms with van der Waals surface area (Å²) in [5.41, 5.74) is 6.99. The minimum atomic E-state index is -10.7. The Hall–Kier alpha value is -5.45. The third kappa shape index (κ3) is 12.7. The molecule has 0 amide bonds. The van der Waals surface area contributed by atoms with Crippen molar-refractivity contribution in [2.45, 2.75) is 26.4 Å². The van der Waals surface area contributed by atoms with E-state index in [0.29, 0.717) is 6.04 Å². The Kier molecular flexibility index (Phi) is 15.1. The first-order valence-corrected chi connectivity index (χ1v) is 24.3. The van der Waals surface area contributed by atoms with Gasteiger partial charge < -0.3 is 9.47 Å². The van der Waals surface area contributed by atoms with Crippen LogP contribution in [0, 0.1) is 6.07 Å². The zero-order valence-corrected chi connectivity index (χ0v) is 39.6. The average molecular weight is 1010 g/mol. The van der Waals surface area contributed by atoms with Crippen molar-refractivity contribution < 1.29 is 45.6 Å². The van der Waals surface area contributed by atoms with E-state index in [0.717, 1.165) is 29.3 Å². The van der Waals surface area contributed by atoms with Crippen molar-refractivity contribution in [3.05, 3.63) is 206 Å². The second-order valence-electron chi connectivity index (χ2n) is 15.5. The van der Waals surface area contributed by atoms with E-state index in [9.17, 15) is 25.2 Å². The molecule has 0 aliphatic carbocycles. The summed E-state index contributed by atoms with van der Waals surface area (Å²) >= 11 is 0. The molecule has 0 saturated heterocycles. The Balaban J connectivity index is 0.000000251. The molecule has 0 unspecified atom stereocenters. The van der Waals surface area contributed by atoms with Crippen LogP contribution >= 0.6 is 15.7 Å². The molecule has 8 aromatic carbocycles. The number of hydrogen-bond acceptors (Lipinski definition) is 2. The smallest absolute Gasteiger partial charge is 2.00 e. The standard InChI is InChI=1S/C39H31N2P.C14H16N.F6P.Pd/c1-2-41-38(31-20-9-4-10-21-31)37(30-18-7-3-8-19-30)40-39(41)36-34-26-16-15-17-29(34)27-28-35(36)42(32-22-11-5-12-23-32)33-24-13-6-14-25-33;1-11(15(2)3)13-10-6-8-12-7-4-5-9-14(12)13;1-7(2,3,4,5)6;/h3-28H,2H2,1H3;4-9,11H,1-3H3;;/q;2*-1;+2/p+1/t;11-;;/m.1../s1. The number of nitrogens with zero attached hydrogens (tertiary/aromatic N) is 3. The summed E-state index contributed by atoms with van der Waals surface area (Å²) in [5.74, 6) is 1.02. The van der Waals surface area contributed by atoms with Crippen molar-refractivity contribution in [3.8, 4) is 33.9 Å². The molecule has 0 spiro atoms. The summed E-state index contributed by atoms with van der Waals surface area (Å²) < 4.78 is 61.6. The number of aromatic nitrogens is 2. The third-order valence-electron chi connectivity index (χ3n) is 10.9. The zero-order chi connectivity index (χ0) is 45.5. The van der Waals surface area contributed by atoms with Gasteiger partial charge in [-0.05, 0) is 69.0 Å². The topological polar surface area (TPSA) is 21.1 Å². The molecule has 1 atom stereocenters. The Morgan fingerprint density at radius 1 is 0.585 bits per heavy atom. The quantitative estimate of drug-likeness (QED) is 0.0622. The number of fused-ring (bicyclic) bond motifs is 2. The number of imidazole rings is 1. The van der Waals surface area contributed by atoms with E-state index in [-0.39, 0.29) is 20.4 Å². The predicted molar refractivity (Wildman–Crippen MR) is 260 cm³/mol. The maximum atomic E-state index is 9.87. The van der Waals surface area contributed by atoms with Crippen LogP contribution in [0.15, 0.2) is 194 Å². The van der Waals surface area contributed by atoms with Gasteiger partial charge in [0, 0.05) is 23.7 Å². The van der Waals surface area contributed by atoms with Gasteiger partial charge in [-0.25, -0.2) is 4.98 Å². The van der Waals surface area contributed by atoms with Gasteiger partial charge >= 0.3 is 53.4 Å². The van der Waals surface area contributed by atoms with Gasteiger partial charge in [-0.15, -0.1) is 22.4 Å². The molecule has 0 fully saturated rings. The van der Waals surface area contributed by atoms with Gasteiger partial charge in [-0.1, -0.05) is 146 Å². The summed E-state index contributed by atoms with van der Waals surface area (Å²) in [7, 11) is -7.82. The predicted octanol–water partition coefficient (Wildman–Crippen LogP) is 15.2. The molecule has 3 nitrogen and oxygen atoms in total. The zero-order valence-electron chi connectivity index (χ0n) is 36.1. The molecule has 0 radical (unpaired) electrons. The Labute approximate surface area is 391 Å². The molecule has 0 N–H and O–H groups in total. The van der Waals surface area contributed by atoms with E-state index in [1.807, 2.05) is 6.07 Å². The van der Waals surface area contributed by atoms with Crippen LogP contribution in [0.4, 0.5) is 25.2 Å². The van der Waals surface area contributed by atoms with Gasteiger partial charge in [-0.2, -0.15) is 18.2 Å². The van der Waals surface area contributed by atoms with E-state index in [1.165, 1.54) is 54.1 Å². The van der Waals surface area contributed by atoms with E-state index < -0.39 is 15.7 Å². The summed E-state index contributed by atoms with van der Waals surface area (Å²) in [6.07, 6.45) is 0. The first-order chi connectivity index (χ1) is 30.5. The fourth-order valence-corrected chi connectivity index (χ4v) is 10.6. The number of halogens is 6. The third-order valence-corrected chi connectivity index (χ3v) is 13.6. The molecule has 0 bridgehead atoms. The average Bonchev–Trinajstić information content (AvgIpc) is 3.68. The van der Waals surface area contributed by atoms with Gasteiger partial charge in [0.2, 0.25) is 0 Å². The molecule has 65 heavy (non-hydrogen) atoms. The van der Waals surface area contributed by atoms with E-state index in [1.54, 1.807) is 0 Å². The largest absolute Gasteiger partial charge is 2.00 e. The summed E-state index contributed by atoms with van der Waals surface area (Å²) in [4.78, 5) is 7.76. The summed E-state index contributed by atoms with van der Waals surface area (Å²) in [6.45, 7) is 5.25. The van der Waals surface area contributed by atoms with Gasteiger partial charge in [0.1, 0.15) is 21.7 Å². The molecule has 0 saturated carbocycles. The maximum absolute atomic E-state index is 10.7. The Morgan fingerprint density at radius 2 is 1.03 bits per heavy atom. The van der Waals surface area contributed by atoms with E-state index in [2.05, 4.69) is 232 Å². The van der Waals surface area contributed by atoms with Crippen molar-refractivity contribution in [3.63, 3.8) is 0 Å². The van der Waals surface area contributed by atoms with Gasteiger partial charge in [0.05, 0.1) is 24.9 Å². The van der Waals surface area contributed by atoms with Crippen LogP contribution in [0.5, 0.6) is 0 Å². The van der Waals surface area contributed by atoms with Crippen molar-refractivity contribution in [1.82, 2.24) is 14.5 Å². The monoisotopic (exact) mass is 1010 g/mol. The van der Waals surface area contributed by atoms with Crippen molar-refractivity contribution >= 4 is 53.2 Å². The van der Waals surface area contributed by atoms with Crippen molar-refractivity contribution in [2.75, 3.05) is 14.1 Å². The molecular formula is C53H48F6N3P2Pd+. The van der Waals surface area contributed by atoms with Crippen LogP contribution in [0.1, 0.15) is 25.5 Å². The second-order valence-corrected chi connectivity index (χ2v) is 19.9. The SMILES string of the molecule is CCn1c(-c2c([PH+](c3ccccc3)c3ccccc3)ccc3ccccc23)nc(-c2ccccc2)c1-c1ccccc1.C[C@H](c1[c-]ccc2ccccc12)N(C)C.F[P-](F)(F)(F)(F)F.[Pd+2]. The number of hydrogen-bond donors (Lipinski definition) is 0. The van der Waals surface area contributed by atoms with Gasteiger partial charge in [-0.3, -0.25) is 0 Å². The van der Waals surface area contributed by atoms with Crippen LogP contribution in [-0.2, 0) is 27.0 Å². The molecule has 9 aromatic rings. The van der Waals surface area contributed by atoms with Crippen LogP contribution in [0.3, 0.4) is 0 Å². The first-order valence-electron chi connectivity index (χ1n) is 20.8. The molecule has 12 heteroatoms. The number of benzene rings is 8. The van der Waals surface area contributed by atoms with Crippen molar-refractivity contribution in [2.24, 2.45) is 0 Å². The van der Waals surface area contributed by atoms with E-state index in [4.69, 9.17) is 4.98 Å². The minimum Gasteiger partial charge on any atom is 2.00 e. The Morgan fingerprint density at radius 3 is 1.54 bits per heavy atom. The molecule has 1 aromatic heterocycles. The van der Waals surface area contributed by atoms with Gasteiger partial charge in [0.15, 0.2) is 0 Å². The molecule has 336 valence electrons. The van der Waals surface area contributed by atoms with Crippen molar-refractivity contribution in [1.29, 1.82) is 0 Å². The molecule has 9 rings (SSSR count). The van der Waals surface area contributed by atoms with Crippen LogP contribution < -0.4 is 15.9 Å². The van der Waals surface area contributed by atoms with Crippen LogP contribution in [0.25, 0.3) is 55.4 Å². The second kappa shape index (κ2) is 20.0. The fraction of sp³-hybridized carbons (Fsp3) is 0.113. The summed E-state index contributed by atoms with van der Waals surface area (Å²) in [5, 5.41) is 9.16. The summed E-state index contributed by atoms with van der Waals surface area (Å²) in [6, 6.07) is 73.1. The Bertz CT molecular complexity index is 2920. The molecule has 0 aliphatic heterocycles.